The van der Waals surface area contributed by atoms with Gasteiger partial charge in [0, 0.05) is 22.3 Å². The predicted octanol–water partition coefficient (Wildman–Crippen LogP) is 3.71. The summed E-state index contributed by atoms with van der Waals surface area (Å²) in [5.41, 5.74) is 2.30. The van der Waals surface area contributed by atoms with E-state index in [4.69, 9.17) is 16.6 Å². The van der Waals surface area contributed by atoms with Crippen molar-refractivity contribution < 1.29 is 0 Å². The first-order valence-electron chi connectivity index (χ1n) is 7.71. The summed E-state index contributed by atoms with van der Waals surface area (Å²) in [4.78, 5) is 9.60. The van der Waals surface area contributed by atoms with Gasteiger partial charge in [0.2, 0.25) is 0 Å². The topological polar surface area (TPSA) is 56.0 Å². The third-order valence-corrected chi connectivity index (χ3v) is 4.39. The van der Waals surface area contributed by atoms with Crippen LogP contribution in [0.4, 0.5) is 0 Å². The standard InChI is InChI=1S/C18H16ClN5/c1-11-22-23-17-18(2,3)21-15(12-6-8-13(19)9-7-12)14-5-4-10-20-16(14)24(11)17/h4-10H,1-3H3. The molecule has 3 aromatic rings. The summed E-state index contributed by atoms with van der Waals surface area (Å²) in [5, 5.41) is 9.29. The molecule has 2 aromatic heterocycles. The van der Waals surface area contributed by atoms with Gasteiger partial charge < -0.3 is 0 Å². The molecule has 120 valence electrons. The van der Waals surface area contributed by atoms with Crippen molar-refractivity contribution in [1.82, 2.24) is 19.7 Å². The lowest BCUT2D eigenvalue weighted by Crippen LogP contribution is -2.20. The molecular formula is C18H16ClN5. The minimum Gasteiger partial charge on any atom is -0.270 e. The maximum absolute atomic E-state index is 6.04. The molecule has 0 saturated carbocycles. The van der Waals surface area contributed by atoms with E-state index in [-0.39, 0.29) is 0 Å². The van der Waals surface area contributed by atoms with Crippen LogP contribution in [0.5, 0.6) is 0 Å². The van der Waals surface area contributed by atoms with Gasteiger partial charge in [-0.25, -0.2) is 4.98 Å². The Kier molecular flexibility index (Phi) is 3.28. The van der Waals surface area contributed by atoms with Crippen molar-refractivity contribution >= 4 is 17.3 Å². The second-order valence-corrected chi connectivity index (χ2v) is 6.74. The molecule has 0 aliphatic carbocycles. The summed E-state index contributed by atoms with van der Waals surface area (Å²) in [6.07, 6.45) is 1.78. The van der Waals surface area contributed by atoms with Crippen LogP contribution >= 0.6 is 11.6 Å². The van der Waals surface area contributed by atoms with Crippen LogP contribution in [-0.2, 0) is 5.54 Å². The number of fused-ring (bicyclic) bond motifs is 3. The van der Waals surface area contributed by atoms with Crippen molar-refractivity contribution in [2.45, 2.75) is 26.3 Å². The number of hydrogen-bond donors (Lipinski definition) is 0. The molecule has 0 saturated heterocycles. The molecule has 3 heterocycles. The van der Waals surface area contributed by atoms with E-state index in [0.717, 1.165) is 34.3 Å². The van der Waals surface area contributed by atoms with Crippen molar-refractivity contribution in [2.24, 2.45) is 4.99 Å². The van der Waals surface area contributed by atoms with Crippen molar-refractivity contribution in [3.8, 4) is 5.82 Å². The van der Waals surface area contributed by atoms with Crippen LogP contribution in [0.15, 0.2) is 47.6 Å². The first-order chi connectivity index (χ1) is 11.5. The zero-order chi connectivity index (χ0) is 16.9. The zero-order valence-electron chi connectivity index (χ0n) is 13.7. The molecule has 1 aromatic carbocycles. The van der Waals surface area contributed by atoms with E-state index >= 15 is 0 Å². The van der Waals surface area contributed by atoms with Gasteiger partial charge in [-0.15, -0.1) is 10.2 Å². The fraction of sp³-hybridized carbons (Fsp3) is 0.222. The maximum atomic E-state index is 6.04. The van der Waals surface area contributed by atoms with E-state index < -0.39 is 5.54 Å². The van der Waals surface area contributed by atoms with Crippen molar-refractivity contribution in [2.75, 3.05) is 0 Å². The smallest absolute Gasteiger partial charge is 0.166 e. The number of nitrogens with zero attached hydrogens (tertiary/aromatic N) is 5. The number of benzene rings is 1. The summed E-state index contributed by atoms with van der Waals surface area (Å²) < 4.78 is 1.99. The van der Waals surface area contributed by atoms with Crippen LogP contribution in [0.2, 0.25) is 5.02 Å². The Bertz CT molecular complexity index is 954. The van der Waals surface area contributed by atoms with Gasteiger partial charge in [-0.1, -0.05) is 23.7 Å². The van der Waals surface area contributed by atoms with Crippen molar-refractivity contribution in [3.63, 3.8) is 0 Å². The van der Waals surface area contributed by atoms with Gasteiger partial charge in [0.1, 0.15) is 17.2 Å². The van der Waals surface area contributed by atoms with Gasteiger partial charge in [0.15, 0.2) is 5.82 Å². The predicted molar refractivity (Wildman–Crippen MR) is 94.0 cm³/mol. The molecule has 1 aliphatic heterocycles. The van der Waals surface area contributed by atoms with Gasteiger partial charge in [0.25, 0.3) is 0 Å². The molecule has 0 unspecified atom stereocenters. The minimum atomic E-state index is -0.531. The summed E-state index contributed by atoms with van der Waals surface area (Å²) in [7, 11) is 0. The number of pyridine rings is 1. The summed E-state index contributed by atoms with van der Waals surface area (Å²) in [6, 6.07) is 11.7. The van der Waals surface area contributed by atoms with E-state index in [1.54, 1.807) is 6.20 Å². The summed E-state index contributed by atoms with van der Waals surface area (Å²) in [6.45, 7) is 6.00. The lowest BCUT2D eigenvalue weighted by Gasteiger charge is -2.18. The number of halogens is 1. The molecule has 24 heavy (non-hydrogen) atoms. The number of aryl methyl sites for hydroxylation is 1. The molecule has 0 amide bonds. The number of aliphatic imine (C=N–C) groups is 1. The number of aromatic nitrogens is 4. The van der Waals surface area contributed by atoms with Crippen LogP contribution in [-0.4, -0.2) is 25.5 Å². The van der Waals surface area contributed by atoms with Crippen LogP contribution in [0, 0.1) is 6.92 Å². The highest BCUT2D eigenvalue weighted by Gasteiger charge is 2.33. The minimum absolute atomic E-state index is 0.531. The Morgan fingerprint density at radius 1 is 1.04 bits per heavy atom. The Labute approximate surface area is 145 Å². The van der Waals surface area contributed by atoms with E-state index in [1.807, 2.05) is 61.7 Å². The summed E-state index contributed by atoms with van der Waals surface area (Å²) in [5.74, 6) is 2.38. The molecule has 0 bridgehead atoms. The average Bonchev–Trinajstić information content (AvgIpc) is 2.92. The van der Waals surface area contributed by atoms with Crippen molar-refractivity contribution in [1.29, 1.82) is 0 Å². The largest absolute Gasteiger partial charge is 0.270 e. The monoisotopic (exact) mass is 337 g/mol. The Hall–Kier alpha value is -2.53. The average molecular weight is 338 g/mol. The SMILES string of the molecule is Cc1nnc2n1-c1ncccc1C(c1ccc(Cl)cc1)=NC2(C)C. The quantitative estimate of drug-likeness (QED) is 0.680. The first-order valence-corrected chi connectivity index (χ1v) is 8.09. The second kappa shape index (κ2) is 5.24. The fourth-order valence-electron chi connectivity index (χ4n) is 2.99. The molecule has 0 radical (unpaired) electrons. The third kappa shape index (κ3) is 2.24. The fourth-order valence-corrected chi connectivity index (χ4v) is 3.12. The van der Waals surface area contributed by atoms with Gasteiger partial charge in [-0.3, -0.25) is 9.56 Å². The molecule has 6 heteroatoms. The molecule has 0 fully saturated rings. The van der Waals surface area contributed by atoms with Crippen LogP contribution in [0.1, 0.15) is 36.6 Å². The van der Waals surface area contributed by atoms with Crippen molar-refractivity contribution in [3.05, 3.63) is 70.4 Å². The van der Waals surface area contributed by atoms with Gasteiger partial charge >= 0.3 is 0 Å². The normalized spacial score (nSPS) is 15.2. The van der Waals surface area contributed by atoms with Gasteiger partial charge in [-0.2, -0.15) is 0 Å². The van der Waals surface area contributed by atoms with E-state index in [1.165, 1.54) is 0 Å². The number of rotatable bonds is 1. The maximum Gasteiger partial charge on any atom is 0.166 e. The Morgan fingerprint density at radius 3 is 2.54 bits per heavy atom. The highest BCUT2D eigenvalue weighted by Crippen LogP contribution is 2.33. The first kappa shape index (κ1) is 15.0. The second-order valence-electron chi connectivity index (χ2n) is 6.31. The molecule has 1 aliphatic rings. The highest BCUT2D eigenvalue weighted by molar-refractivity contribution is 6.30. The van der Waals surface area contributed by atoms with E-state index in [2.05, 4.69) is 15.2 Å². The highest BCUT2D eigenvalue weighted by atomic mass is 35.5. The molecule has 0 spiro atoms. The van der Waals surface area contributed by atoms with Gasteiger partial charge in [0.05, 0.1) is 5.71 Å². The summed E-state index contributed by atoms with van der Waals surface area (Å²) >= 11 is 6.04. The molecule has 5 nitrogen and oxygen atoms in total. The Morgan fingerprint density at radius 2 is 1.79 bits per heavy atom. The third-order valence-electron chi connectivity index (χ3n) is 4.13. The van der Waals surface area contributed by atoms with E-state index in [0.29, 0.717) is 5.02 Å². The van der Waals surface area contributed by atoms with Crippen LogP contribution in [0.3, 0.4) is 0 Å². The molecular weight excluding hydrogens is 322 g/mol. The number of hydrogen-bond acceptors (Lipinski definition) is 4. The lowest BCUT2D eigenvalue weighted by atomic mass is 10.0. The Balaban J connectivity index is 2.05. The molecule has 0 N–H and O–H groups in total. The molecule has 0 atom stereocenters. The van der Waals surface area contributed by atoms with Crippen LogP contribution in [0.25, 0.3) is 5.82 Å². The zero-order valence-corrected chi connectivity index (χ0v) is 14.4. The van der Waals surface area contributed by atoms with Gasteiger partial charge in [-0.05, 0) is 45.0 Å². The van der Waals surface area contributed by atoms with E-state index in [9.17, 15) is 0 Å². The van der Waals surface area contributed by atoms with Crippen LogP contribution < -0.4 is 0 Å². The molecule has 4 rings (SSSR count). The lowest BCUT2D eigenvalue weighted by molar-refractivity contribution is 0.508.